The maximum absolute atomic E-state index is 14.9. The third-order valence-electron chi connectivity index (χ3n) is 3.71. The van der Waals surface area contributed by atoms with E-state index in [9.17, 15) is 17.2 Å². The third kappa shape index (κ3) is 2.85. The molecule has 0 unspecified atom stereocenters. The summed E-state index contributed by atoms with van der Waals surface area (Å²) in [6.45, 7) is 1.55. The Labute approximate surface area is 143 Å². The van der Waals surface area contributed by atoms with Crippen molar-refractivity contribution in [2.24, 2.45) is 0 Å². The van der Waals surface area contributed by atoms with Crippen molar-refractivity contribution in [2.45, 2.75) is 18.4 Å². The van der Waals surface area contributed by atoms with Crippen LogP contribution in [-0.4, -0.2) is 24.4 Å². The van der Waals surface area contributed by atoms with E-state index in [1.807, 2.05) is 0 Å². The van der Waals surface area contributed by atoms with Crippen LogP contribution in [0.3, 0.4) is 0 Å². The minimum atomic E-state index is -4.18. The van der Waals surface area contributed by atoms with Crippen LogP contribution in [0.1, 0.15) is 11.3 Å². The van der Waals surface area contributed by atoms with Crippen LogP contribution in [-0.2, 0) is 16.6 Å². The van der Waals surface area contributed by atoms with Gasteiger partial charge in [0.1, 0.15) is 16.3 Å². The molecule has 0 aliphatic carbocycles. The summed E-state index contributed by atoms with van der Waals surface area (Å²) in [7, 11) is -2.59. The fourth-order valence-electron chi connectivity index (χ4n) is 2.56. The van der Waals surface area contributed by atoms with Crippen molar-refractivity contribution < 1.29 is 21.6 Å². The second-order valence-electron chi connectivity index (χ2n) is 5.33. The Morgan fingerprint density at radius 2 is 2.08 bits per heavy atom. The molecule has 0 fully saturated rings. The van der Waals surface area contributed by atoms with Crippen molar-refractivity contribution >= 4 is 10.0 Å². The molecular formula is C16H15F2N3O3S. The number of nitrogens with zero attached hydrogens (tertiary/aromatic N) is 2. The highest BCUT2D eigenvalue weighted by atomic mass is 32.2. The lowest BCUT2D eigenvalue weighted by Gasteiger charge is -2.10. The molecule has 3 aromatic heterocycles. The van der Waals surface area contributed by atoms with Crippen molar-refractivity contribution in [3.63, 3.8) is 0 Å². The van der Waals surface area contributed by atoms with Gasteiger partial charge in [-0.25, -0.2) is 21.8 Å². The summed E-state index contributed by atoms with van der Waals surface area (Å²) < 4.78 is 60.7. The number of rotatable bonds is 5. The monoisotopic (exact) mass is 367 g/mol. The first-order valence-electron chi connectivity index (χ1n) is 7.32. The Morgan fingerprint density at radius 1 is 1.32 bits per heavy atom. The Kier molecular flexibility index (Phi) is 4.44. The molecule has 6 nitrogen and oxygen atoms in total. The highest BCUT2D eigenvalue weighted by Gasteiger charge is 2.30. The summed E-state index contributed by atoms with van der Waals surface area (Å²) in [4.78, 5) is 3.36. The van der Waals surface area contributed by atoms with Gasteiger partial charge in [-0.05, 0) is 32.2 Å². The molecule has 0 saturated heterocycles. The maximum Gasteiger partial charge on any atom is 0.271 e. The number of aromatic nitrogens is 2. The molecule has 0 spiro atoms. The Morgan fingerprint density at radius 3 is 2.68 bits per heavy atom. The largest absolute Gasteiger partial charge is 0.468 e. The average Bonchev–Trinajstić information content (AvgIpc) is 3.14. The molecule has 3 rings (SSSR count). The first-order valence-corrected chi connectivity index (χ1v) is 8.76. The molecule has 3 heterocycles. The van der Waals surface area contributed by atoms with E-state index in [1.54, 1.807) is 7.05 Å². The maximum atomic E-state index is 14.9. The minimum absolute atomic E-state index is 0.0770. The molecule has 0 atom stereocenters. The Hall–Kier alpha value is -2.52. The lowest BCUT2D eigenvalue weighted by atomic mass is 10.2. The van der Waals surface area contributed by atoms with Gasteiger partial charge in [0.05, 0.1) is 11.8 Å². The van der Waals surface area contributed by atoms with E-state index in [1.165, 1.54) is 37.6 Å². The lowest BCUT2D eigenvalue weighted by molar-refractivity contribution is 0.521. The summed E-state index contributed by atoms with van der Waals surface area (Å²) in [5.41, 5.74) is -0.561. The predicted molar refractivity (Wildman–Crippen MR) is 86.4 cm³/mol. The van der Waals surface area contributed by atoms with Crippen LogP contribution in [0.25, 0.3) is 11.3 Å². The van der Waals surface area contributed by atoms with Crippen molar-refractivity contribution in [2.75, 3.05) is 7.05 Å². The fraction of sp³-hybridized carbons (Fsp3) is 0.188. The molecule has 0 amide bonds. The SMILES string of the molecule is CNCc1cn(S(=O)(=O)c2ccoc2C)c(-c2cccnc2F)c1F. The Bertz CT molecular complexity index is 1030. The number of pyridine rings is 1. The Balaban J connectivity index is 2.32. The van der Waals surface area contributed by atoms with Gasteiger partial charge in [0, 0.05) is 24.5 Å². The lowest BCUT2D eigenvalue weighted by Crippen LogP contribution is -2.14. The number of aryl methyl sites for hydroxylation is 1. The second-order valence-corrected chi connectivity index (χ2v) is 7.11. The van der Waals surface area contributed by atoms with E-state index in [-0.39, 0.29) is 28.3 Å². The zero-order valence-corrected chi connectivity index (χ0v) is 14.3. The van der Waals surface area contributed by atoms with Crippen LogP contribution in [0.2, 0.25) is 0 Å². The minimum Gasteiger partial charge on any atom is -0.468 e. The number of hydrogen-bond donors (Lipinski definition) is 1. The molecule has 0 aliphatic heterocycles. The predicted octanol–water partition coefficient (Wildman–Crippen LogP) is 2.69. The molecule has 3 aromatic rings. The van der Waals surface area contributed by atoms with Crippen LogP contribution in [0, 0.1) is 18.7 Å². The van der Waals surface area contributed by atoms with E-state index in [0.717, 1.165) is 10.2 Å². The van der Waals surface area contributed by atoms with Crippen molar-refractivity contribution in [3.8, 4) is 11.3 Å². The van der Waals surface area contributed by atoms with Gasteiger partial charge in [-0.2, -0.15) is 4.39 Å². The number of halogens is 2. The molecular weight excluding hydrogens is 352 g/mol. The molecule has 0 saturated carbocycles. The van der Waals surface area contributed by atoms with Crippen LogP contribution in [0.4, 0.5) is 8.78 Å². The van der Waals surface area contributed by atoms with Crippen LogP contribution >= 0.6 is 0 Å². The summed E-state index contributed by atoms with van der Waals surface area (Å²) in [6.07, 6.45) is 3.56. The second kappa shape index (κ2) is 6.41. The quantitative estimate of drug-likeness (QED) is 0.702. The number of nitrogens with one attached hydrogen (secondary N) is 1. The summed E-state index contributed by atoms with van der Waals surface area (Å²) in [6, 6.07) is 3.95. The molecule has 0 bridgehead atoms. The van der Waals surface area contributed by atoms with Gasteiger partial charge >= 0.3 is 0 Å². The van der Waals surface area contributed by atoms with E-state index in [2.05, 4.69) is 10.3 Å². The number of hydrogen-bond acceptors (Lipinski definition) is 5. The first-order chi connectivity index (χ1) is 11.9. The van der Waals surface area contributed by atoms with Crippen LogP contribution < -0.4 is 5.32 Å². The summed E-state index contributed by atoms with van der Waals surface area (Å²) in [5, 5.41) is 2.75. The highest BCUT2D eigenvalue weighted by molar-refractivity contribution is 7.90. The van der Waals surface area contributed by atoms with E-state index in [4.69, 9.17) is 4.42 Å². The van der Waals surface area contributed by atoms with Gasteiger partial charge in [0.2, 0.25) is 5.95 Å². The van der Waals surface area contributed by atoms with Gasteiger partial charge in [0.15, 0.2) is 5.82 Å². The summed E-state index contributed by atoms with van der Waals surface area (Å²) >= 11 is 0. The molecule has 132 valence electrons. The van der Waals surface area contributed by atoms with E-state index >= 15 is 0 Å². The van der Waals surface area contributed by atoms with Gasteiger partial charge in [-0.15, -0.1) is 0 Å². The smallest absolute Gasteiger partial charge is 0.271 e. The highest BCUT2D eigenvalue weighted by Crippen LogP contribution is 2.32. The van der Waals surface area contributed by atoms with Gasteiger partial charge in [-0.3, -0.25) is 0 Å². The fourth-order valence-corrected chi connectivity index (χ4v) is 4.10. The normalized spacial score (nSPS) is 11.8. The topological polar surface area (TPSA) is 77.1 Å². The van der Waals surface area contributed by atoms with Crippen molar-refractivity contribution in [1.82, 2.24) is 14.3 Å². The third-order valence-corrected chi connectivity index (χ3v) is 5.50. The zero-order chi connectivity index (χ0) is 18.2. The molecule has 0 aromatic carbocycles. The van der Waals surface area contributed by atoms with Gasteiger partial charge < -0.3 is 9.73 Å². The molecule has 25 heavy (non-hydrogen) atoms. The zero-order valence-electron chi connectivity index (χ0n) is 13.5. The number of furan rings is 1. The van der Waals surface area contributed by atoms with Gasteiger partial charge in [-0.1, -0.05) is 0 Å². The molecule has 1 N–H and O–H groups in total. The van der Waals surface area contributed by atoms with Crippen molar-refractivity contribution in [1.29, 1.82) is 0 Å². The summed E-state index contributed by atoms with van der Waals surface area (Å²) in [5.74, 6) is -1.64. The first kappa shape index (κ1) is 17.3. The molecule has 0 radical (unpaired) electrons. The molecule has 0 aliphatic rings. The van der Waals surface area contributed by atoms with E-state index < -0.39 is 27.5 Å². The van der Waals surface area contributed by atoms with Crippen LogP contribution in [0.15, 0.2) is 46.2 Å². The average molecular weight is 367 g/mol. The van der Waals surface area contributed by atoms with Gasteiger partial charge in [0.25, 0.3) is 10.0 Å². The molecule has 9 heteroatoms. The van der Waals surface area contributed by atoms with Crippen molar-refractivity contribution in [3.05, 3.63) is 59.9 Å². The van der Waals surface area contributed by atoms with Crippen LogP contribution in [0.5, 0.6) is 0 Å². The van der Waals surface area contributed by atoms with E-state index in [0.29, 0.717) is 0 Å². The standard InChI is InChI=1S/C16H15F2N3O3S/c1-10-13(5-7-24-10)25(22,23)21-9-11(8-19-2)14(17)15(21)12-4-3-6-20-16(12)18/h3-7,9,19H,8H2,1-2H3.